The van der Waals surface area contributed by atoms with Gasteiger partial charge >= 0.3 is 0 Å². The number of nitrogens with zero attached hydrogens (tertiary/aromatic N) is 1. The van der Waals surface area contributed by atoms with Gasteiger partial charge in [0.05, 0.1) is 0 Å². The molecular formula is C19H24N2. The lowest BCUT2D eigenvalue weighted by Gasteiger charge is -2.37. The van der Waals surface area contributed by atoms with E-state index in [1.807, 2.05) is 0 Å². The molecule has 0 aliphatic heterocycles. The van der Waals surface area contributed by atoms with Gasteiger partial charge in [0.2, 0.25) is 0 Å². The lowest BCUT2D eigenvalue weighted by Crippen LogP contribution is -2.44. The summed E-state index contributed by atoms with van der Waals surface area (Å²) < 4.78 is 0. The summed E-state index contributed by atoms with van der Waals surface area (Å²) in [7, 11) is 2.21. The SMILES string of the molecule is CN(CCc1ccccc1)C1CCc2ccccc2C1N. The zero-order valence-electron chi connectivity index (χ0n) is 12.7. The quantitative estimate of drug-likeness (QED) is 0.932. The van der Waals surface area contributed by atoms with Crippen LogP contribution in [0.4, 0.5) is 0 Å². The fraction of sp³-hybridized carbons (Fsp3) is 0.368. The summed E-state index contributed by atoms with van der Waals surface area (Å²) in [5.74, 6) is 0. The summed E-state index contributed by atoms with van der Waals surface area (Å²) in [5, 5.41) is 0. The standard InChI is InChI=1S/C19H24N2/c1-21(14-13-15-7-3-2-4-8-15)18-12-11-16-9-5-6-10-17(16)19(18)20/h2-10,18-19H,11-14,20H2,1H3. The average molecular weight is 280 g/mol. The van der Waals surface area contributed by atoms with Crippen LogP contribution in [0.2, 0.25) is 0 Å². The number of hydrogen-bond acceptors (Lipinski definition) is 2. The van der Waals surface area contributed by atoms with Gasteiger partial charge in [0.15, 0.2) is 0 Å². The van der Waals surface area contributed by atoms with Crippen LogP contribution in [0.25, 0.3) is 0 Å². The maximum Gasteiger partial charge on any atom is 0.0455 e. The number of likely N-dealkylation sites (N-methyl/N-ethyl adjacent to an activating group) is 1. The number of rotatable bonds is 4. The lowest BCUT2D eigenvalue weighted by molar-refractivity contribution is 0.194. The minimum Gasteiger partial charge on any atom is -0.323 e. The van der Waals surface area contributed by atoms with Gasteiger partial charge in [-0.05, 0) is 43.0 Å². The molecule has 0 radical (unpaired) electrons. The van der Waals surface area contributed by atoms with E-state index in [0.717, 1.165) is 25.8 Å². The van der Waals surface area contributed by atoms with Gasteiger partial charge in [-0.15, -0.1) is 0 Å². The van der Waals surface area contributed by atoms with Crippen molar-refractivity contribution in [2.75, 3.05) is 13.6 Å². The molecule has 2 aromatic carbocycles. The van der Waals surface area contributed by atoms with Gasteiger partial charge in [-0.25, -0.2) is 0 Å². The third-order valence-electron chi connectivity index (χ3n) is 4.70. The van der Waals surface area contributed by atoms with Crippen molar-refractivity contribution in [3.05, 3.63) is 71.3 Å². The second-order valence-corrected chi connectivity index (χ2v) is 6.05. The molecule has 0 bridgehead atoms. The Kier molecular flexibility index (Phi) is 4.37. The van der Waals surface area contributed by atoms with E-state index in [-0.39, 0.29) is 6.04 Å². The van der Waals surface area contributed by atoms with E-state index in [0.29, 0.717) is 6.04 Å². The van der Waals surface area contributed by atoms with Gasteiger partial charge < -0.3 is 10.6 Å². The van der Waals surface area contributed by atoms with Crippen LogP contribution in [-0.2, 0) is 12.8 Å². The van der Waals surface area contributed by atoms with Gasteiger partial charge in [0.25, 0.3) is 0 Å². The first-order valence-electron chi connectivity index (χ1n) is 7.83. The second-order valence-electron chi connectivity index (χ2n) is 6.05. The summed E-state index contributed by atoms with van der Waals surface area (Å²) in [4.78, 5) is 2.44. The van der Waals surface area contributed by atoms with Crippen LogP contribution in [-0.4, -0.2) is 24.5 Å². The molecule has 2 N–H and O–H groups in total. The predicted molar refractivity (Wildman–Crippen MR) is 88.3 cm³/mol. The smallest absolute Gasteiger partial charge is 0.0455 e. The highest BCUT2D eigenvalue weighted by molar-refractivity contribution is 5.33. The normalized spacial score (nSPS) is 21.3. The van der Waals surface area contributed by atoms with Crippen LogP contribution in [0.5, 0.6) is 0 Å². The van der Waals surface area contributed by atoms with Crippen molar-refractivity contribution in [2.45, 2.75) is 31.3 Å². The Morgan fingerprint density at radius 1 is 1.05 bits per heavy atom. The van der Waals surface area contributed by atoms with Crippen LogP contribution in [0.15, 0.2) is 54.6 Å². The van der Waals surface area contributed by atoms with Crippen molar-refractivity contribution in [1.29, 1.82) is 0 Å². The molecule has 0 aromatic heterocycles. The van der Waals surface area contributed by atoms with Crippen molar-refractivity contribution >= 4 is 0 Å². The summed E-state index contributed by atoms with van der Waals surface area (Å²) in [6.07, 6.45) is 3.38. The van der Waals surface area contributed by atoms with Crippen LogP contribution in [0, 0.1) is 0 Å². The van der Waals surface area contributed by atoms with E-state index in [2.05, 4.69) is 66.5 Å². The van der Waals surface area contributed by atoms with Crippen molar-refractivity contribution in [1.82, 2.24) is 4.90 Å². The minimum atomic E-state index is 0.135. The fourth-order valence-corrected chi connectivity index (χ4v) is 3.39. The predicted octanol–water partition coefficient (Wildman–Crippen LogP) is 3.18. The van der Waals surface area contributed by atoms with Crippen molar-refractivity contribution in [3.8, 4) is 0 Å². The molecule has 2 atom stereocenters. The summed E-state index contributed by atoms with van der Waals surface area (Å²) in [6, 6.07) is 19.9. The van der Waals surface area contributed by atoms with E-state index >= 15 is 0 Å². The largest absolute Gasteiger partial charge is 0.323 e. The maximum atomic E-state index is 6.52. The molecule has 0 fully saturated rings. The Hall–Kier alpha value is -1.64. The van der Waals surface area contributed by atoms with E-state index < -0.39 is 0 Å². The Balaban J connectivity index is 1.65. The summed E-state index contributed by atoms with van der Waals surface area (Å²) in [6.45, 7) is 1.06. The fourth-order valence-electron chi connectivity index (χ4n) is 3.39. The van der Waals surface area contributed by atoms with Crippen LogP contribution in [0.3, 0.4) is 0 Å². The van der Waals surface area contributed by atoms with Gasteiger partial charge in [0.1, 0.15) is 0 Å². The van der Waals surface area contributed by atoms with Gasteiger partial charge in [0, 0.05) is 18.6 Å². The topological polar surface area (TPSA) is 29.3 Å². The minimum absolute atomic E-state index is 0.135. The summed E-state index contributed by atoms with van der Waals surface area (Å²) in [5.41, 5.74) is 10.7. The summed E-state index contributed by atoms with van der Waals surface area (Å²) >= 11 is 0. The van der Waals surface area contributed by atoms with E-state index in [1.165, 1.54) is 16.7 Å². The highest BCUT2D eigenvalue weighted by Gasteiger charge is 2.28. The number of nitrogens with two attached hydrogens (primary N) is 1. The number of fused-ring (bicyclic) bond motifs is 1. The molecule has 0 spiro atoms. The maximum absolute atomic E-state index is 6.52. The lowest BCUT2D eigenvalue weighted by atomic mass is 9.84. The molecule has 21 heavy (non-hydrogen) atoms. The molecule has 2 unspecified atom stereocenters. The monoisotopic (exact) mass is 280 g/mol. The van der Waals surface area contributed by atoms with Crippen molar-refractivity contribution in [2.24, 2.45) is 5.73 Å². The molecule has 3 rings (SSSR count). The molecule has 2 aromatic rings. The third kappa shape index (κ3) is 3.17. The third-order valence-corrected chi connectivity index (χ3v) is 4.70. The average Bonchev–Trinajstić information content (AvgIpc) is 2.54. The van der Waals surface area contributed by atoms with Crippen LogP contribution >= 0.6 is 0 Å². The zero-order chi connectivity index (χ0) is 14.7. The molecule has 1 aliphatic rings. The number of benzene rings is 2. The molecule has 2 nitrogen and oxygen atoms in total. The van der Waals surface area contributed by atoms with E-state index in [4.69, 9.17) is 5.73 Å². The number of hydrogen-bond donors (Lipinski definition) is 1. The zero-order valence-corrected chi connectivity index (χ0v) is 12.7. The molecule has 0 saturated carbocycles. The first kappa shape index (κ1) is 14.3. The first-order chi connectivity index (χ1) is 10.3. The van der Waals surface area contributed by atoms with E-state index in [9.17, 15) is 0 Å². The molecule has 110 valence electrons. The van der Waals surface area contributed by atoms with E-state index in [1.54, 1.807) is 0 Å². The molecule has 0 heterocycles. The van der Waals surface area contributed by atoms with Gasteiger partial charge in [-0.2, -0.15) is 0 Å². The molecule has 0 amide bonds. The molecule has 2 heteroatoms. The Bertz CT molecular complexity index is 579. The highest BCUT2D eigenvalue weighted by atomic mass is 15.1. The first-order valence-corrected chi connectivity index (χ1v) is 7.83. The van der Waals surface area contributed by atoms with Crippen LogP contribution in [0.1, 0.15) is 29.2 Å². The Labute approximate surface area is 127 Å². The van der Waals surface area contributed by atoms with Crippen LogP contribution < -0.4 is 5.73 Å². The van der Waals surface area contributed by atoms with Gasteiger partial charge in [-0.3, -0.25) is 0 Å². The van der Waals surface area contributed by atoms with Gasteiger partial charge in [-0.1, -0.05) is 54.6 Å². The molecular weight excluding hydrogens is 256 g/mol. The Morgan fingerprint density at radius 2 is 1.76 bits per heavy atom. The Morgan fingerprint density at radius 3 is 2.57 bits per heavy atom. The molecule has 1 aliphatic carbocycles. The molecule has 0 saturated heterocycles. The number of aryl methyl sites for hydroxylation is 1. The second kappa shape index (κ2) is 6.42. The van der Waals surface area contributed by atoms with Crippen molar-refractivity contribution < 1.29 is 0 Å². The highest BCUT2D eigenvalue weighted by Crippen LogP contribution is 2.30. The van der Waals surface area contributed by atoms with Crippen molar-refractivity contribution in [3.63, 3.8) is 0 Å².